The Labute approximate surface area is 179 Å². The molecule has 0 aliphatic carbocycles. The van der Waals surface area contributed by atoms with E-state index in [0.717, 1.165) is 15.8 Å². The zero-order chi connectivity index (χ0) is 20.1. The van der Waals surface area contributed by atoms with Crippen LogP contribution in [0.1, 0.15) is 0 Å². The van der Waals surface area contributed by atoms with Crippen molar-refractivity contribution in [2.24, 2.45) is 0 Å². The number of aromatic nitrogens is 5. The van der Waals surface area contributed by atoms with Crippen LogP contribution < -0.4 is 5.32 Å². The quantitative estimate of drug-likeness (QED) is 0.428. The molecule has 2 heterocycles. The predicted octanol–water partition coefficient (Wildman–Crippen LogP) is 4.22. The maximum atomic E-state index is 12.4. The van der Waals surface area contributed by atoms with Crippen molar-refractivity contribution in [3.63, 3.8) is 0 Å². The number of anilines is 1. The summed E-state index contributed by atoms with van der Waals surface area (Å²) in [5.41, 5.74) is 2.23. The Bertz CT molecular complexity index is 1100. The second-order valence-electron chi connectivity index (χ2n) is 5.91. The molecule has 29 heavy (non-hydrogen) atoms. The number of para-hydroxylation sites is 1. The first-order valence-corrected chi connectivity index (χ1v) is 10.4. The molecule has 0 aliphatic heterocycles. The third kappa shape index (κ3) is 4.69. The first-order valence-electron chi connectivity index (χ1n) is 8.66. The molecule has 4 rings (SSSR count). The van der Waals surface area contributed by atoms with Crippen molar-refractivity contribution in [2.45, 2.75) is 5.16 Å². The normalized spacial score (nSPS) is 10.7. The maximum Gasteiger partial charge on any atom is 0.234 e. The second-order valence-corrected chi connectivity index (χ2v) is 7.77. The topological polar surface area (TPSA) is 85.6 Å². The largest absolute Gasteiger partial charge is 0.325 e. The van der Waals surface area contributed by atoms with Gasteiger partial charge in [-0.25, -0.2) is 4.98 Å². The lowest BCUT2D eigenvalue weighted by Gasteiger charge is -2.10. The molecule has 0 aliphatic rings. The van der Waals surface area contributed by atoms with Crippen LogP contribution in [-0.2, 0) is 4.79 Å². The fourth-order valence-electron chi connectivity index (χ4n) is 2.61. The van der Waals surface area contributed by atoms with Crippen LogP contribution in [0, 0.1) is 0 Å². The first kappa shape index (κ1) is 19.3. The van der Waals surface area contributed by atoms with Gasteiger partial charge in [0.15, 0.2) is 11.0 Å². The number of nitrogens with zero attached hydrogens (tertiary/aromatic N) is 5. The van der Waals surface area contributed by atoms with E-state index in [-0.39, 0.29) is 11.7 Å². The lowest BCUT2D eigenvalue weighted by molar-refractivity contribution is -0.113. The van der Waals surface area contributed by atoms with Crippen molar-refractivity contribution in [2.75, 3.05) is 11.1 Å². The molecule has 1 N–H and O–H groups in total. The minimum Gasteiger partial charge on any atom is -0.325 e. The Kier molecular flexibility index (Phi) is 5.97. The minimum atomic E-state index is -0.124. The SMILES string of the molecule is O=C(CSc1nnc(-c2cnccn2)n1-c1ccccc1)Nc1ccc(Br)cc1. The first-order chi connectivity index (χ1) is 14.2. The molecule has 2 aromatic heterocycles. The number of hydrogen-bond acceptors (Lipinski definition) is 6. The molecule has 0 radical (unpaired) electrons. The summed E-state index contributed by atoms with van der Waals surface area (Å²) in [5.74, 6) is 0.641. The van der Waals surface area contributed by atoms with Gasteiger partial charge in [0.05, 0.1) is 11.9 Å². The zero-order valence-corrected chi connectivity index (χ0v) is 17.5. The van der Waals surface area contributed by atoms with Gasteiger partial charge in [0.1, 0.15) is 5.69 Å². The van der Waals surface area contributed by atoms with Gasteiger partial charge in [0.2, 0.25) is 5.91 Å². The molecule has 7 nitrogen and oxygen atoms in total. The summed E-state index contributed by atoms with van der Waals surface area (Å²) >= 11 is 4.69. The van der Waals surface area contributed by atoms with E-state index >= 15 is 0 Å². The van der Waals surface area contributed by atoms with Gasteiger partial charge in [-0.05, 0) is 36.4 Å². The van der Waals surface area contributed by atoms with Crippen molar-refractivity contribution in [3.8, 4) is 17.2 Å². The number of amides is 1. The highest BCUT2D eigenvalue weighted by Gasteiger charge is 2.18. The Hall–Kier alpha value is -3.04. The molecule has 0 bridgehead atoms. The summed E-state index contributed by atoms with van der Waals surface area (Å²) in [6.07, 6.45) is 4.85. The molecular weight excluding hydrogens is 452 g/mol. The molecule has 0 fully saturated rings. The molecule has 0 saturated carbocycles. The van der Waals surface area contributed by atoms with E-state index < -0.39 is 0 Å². The van der Waals surface area contributed by atoms with Crippen molar-refractivity contribution in [1.29, 1.82) is 0 Å². The van der Waals surface area contributed by atoms with E-state index in [2.05, 4.69) is 41.4 Å². The number of halogens is 1. The minimum absolute atomic E-state index is 0.124. The van der Waals surface area contributed by atoms with Crippen LogP contribution in [0.4, 0.5) is 5.69 Å². The summed E-state index contributed by atoms with van der Waals surface area (Å²) in [6.45, 7) is 0. The number of thioether (sulfide) groups is 1. The molecule has 0 atom stereocenters. The van der Waals surface area contributed by atoms with Crippen LogP contribution in [0.2, 0.25) is 0 Å². The van der Waals surface area contributed by atoms with Gasteiger partial charge in [-0.1, -0.05) is 45.9 Å². The number of nitrogens with one attached hydrogen (secondary N) is 1. The van der Waals surface area contributed by atoms with E-state index in [1.54, 1.807) is 18.6 Å². The Morgan fingerprint density at radius 1 is 1.03 bits per heavy atom. The van der Waals surface area contributed by atoms with Gasteiger partial charge in [-0.3, -0.25) is 14.3 Å². The van der Waals surface area contributed by atoms with E-state index in [1.165, 1.54) is 11.8 Å². The monoisotopic (exact) mass is 466 g/mol. The third-order valence-electron chi connectivity index (χ3n) is 3.90. The van der Waals surface area contributed by atoms with Gasteiger partial charge in [0, 0.05) is 28.2 Å². The van der Waals surface area contributed by atoms with Crippen LogP contribution in [-0.4, -0.2) is 36.4 Å². The van der Waals surface area contributed by atoms with Crippen LogP contribution in [0.15, 0.2) is 82.8 Å². The van der Waals surface area contributed by atoms with Gasteiger partial charge in [-0.15, -0.1) is 10.2 Å². The number of carbonyl (C=O) groups is 1. The van der Waals surface area contributed by atoms with Gasteiger partial charge >= 0.3 is 0 Å². The maximum absolute atomic E-state index is 12.4. The standard InChI is InChI=1S/C20H15BrN6OS/c21-14-6-8-15(9-7-14)24-18(28)13-29-20-26-25-19(17-12-22-10-11-23-17)27(20)16-4-2-1-3-5-16/h1-12H,13H2,(H,24,28). The molecule has 2 aromatic carbocycles. The highest BCUT2D eigenvalue weighted by molar-refractivity contribution is 9.10. The molecule has 9 heteroatoms. The number of carbonyl (C=O) groups excluding carboxylic acids is 1. The van der Waals surface area contributed by atoms with Crippen LogP contribution in [0.25, 0.3) is 17.2 Å². The number of benzene rings is 2. The molecule has 144 valence electrons. The van der Waals surface area contributed by atoms with Gasteiger partial charge < -0.3 is 5.32 Å². The molecule has 1 amide bonds. The molecule has 0 saturated heterocycles. The lowest BCUT2D eigenvalue weighted by atomic mass is 10.3. The van der Waals surface area contributed by atoms with Crippen LogP contribution in [0.5, 0.6) is 0 Å². The fraction of sp³-hybridized carbons (Fsp3) is 0.0500. The van der Waals surface area contributed by atoms with Crippen LogP contribution >= 0.6 is 27.7 Å². The van der Waals surface area contributed by atoms with Gasteiger partial charge in [0.25, 0.3) is 0 Å². The molecule has 0 spiro atoms. The Morgan fingerprint density at radius 2 is 1.83 bits per heavy atom. The van der Waals surface area contributed by atoms with Gasteiger partial charge in [-0.2, -0.15) is 0 Å². The summed E-state index contributed by atoms with van der Waals surface area (Å²) in [5, 5.41) is 12.0. The summed E-state index contributed by atoms with van der Waals surface area (Å²) in [6, 6.07) is 17.1. The Balaban J connectivity index is 1.56. The zero-order valence-electron chi connectivity index (χ0n) is 15.1. The highest BCUT2D eigenvalue weighted by Crippen LogP contribution is 2.26. The highest BCUT2D eigenvalue weighted by atomic mass is 79.9. The number of rotatable bonds is 6. The fourth-order valence-corrected chi connectivity index (χ4v) is 3.63. The summed E-state index contributed by atoms with van der Waals surface area (Å²) in [4.78, 5) is 20.8. The third-order valence-corrected chi connectivity index (χ3v) is 5.36. The summed E-state index contributed by atoms with van der Waals surface area (Å²) < 4.78 is 2.83. The van der Waals surface area contributed by atoms with E-state index in [1.807, 2.05) is 59.2 Å². The molecular formula is C20H15BrN6OS. The molecule has 4 aromatic rings. The van der Waals surface area contributed by atoms with Crippen molar-refractivity contribution in [1.82, 2.24) is 24.7 Å². The van der Waals surface area contributed by atoms with Crippen molar-refractivity contribution >= 4 is 39.3 Å². The lowest BCUT2D eigenvalue weighted by Crippen LogP contribution is -2.14. The molecule has 0 unspecified atom stereocenters. The summed E-state index contributed by atoms with van der Waals surface area (Å²) in [7, 11) is 0. The van der Waals surface area contributed by atoms with E-state index in [4.69, 9.17) is 0 Å². The van der Waals surface area contributed by atoms with Crippen LogP contribution in [0.3, 0.4) is 0 Å². The average molecular weight is 467 g/mol. The second kappa shape index (κ2) is 8.97. The van der Waals surface area contributed by atoms with E-state index in [0.29, 0.717) is 16.7 Å². The number of hydrogen-bond donors (Lipinski definition) is 1. The van der Waals surface area contributed by atoms with Crippen molar-refractivity contribution in [3.05, 3.63) is 77.7 Å². The average Bonchev–Trinajstić information content (AvgIpc) is 3.19. The Morgan fingerprint density at radius 3 is 2.55 bits per heavy atom. The van der Waals surface area contributed by atoms with Crippen molar-refractivity contribution < 1.29 is 4.79 Å². The van der Waals surface area contributed by atoms with E-state index in [9.17, 15) is 4.79 Å². The smallest absolute Gasteiger partial charge is 0.234 e. The predicted molar refractivity (Wildman–Crippen MR) is 116 cm³/mol.